The van der Waals surface area contributed by atoms with Crippen molar-refractivity contribution < 1.29 is 13.9 Å². The van der Waals surface area contributed by atoms with E-state index in [1.807, 2.05) is 36.6 Å². The molecule has 2 aromatic carbocycles. The Morgan fingerprint density at radius 3 is 2.74 bits per heavy atom. The van der Waals surface area contributed by atoms with Crippen LogP contribution < -0.4 is 9.47 Å². The normalized spacial score (nSPS) is 10.6. The zero-order valence-corrected chi connectivity index (χ0v) is 13.7. The summed E-state index contributed by atoms with van der Waals surface area (Å²) in [5.41, 5.74) is 2.46. The third-order valence-corrected chi connectivity index (χ3v) is 4.24. The highest BCUT2D eigenvalue weighted by Crippen LogP contribution is 2.32. The molecule has 0 fully saturated rings. The molecule has 1 heterocycles. The highest BCUT2D eigenvalue weighted by Gasteiger charge is 2.10. The SMILES string of the molecule is CCOc1cccc(-c2nc(-c3ccc(OC)c(F)c3)cs2)c1. The number of thiazole rings is 1. The number of nitrogens with zero attached hydrogens (tertiary/aromatic N) is 1. The van der Waals surface area contributed by atoms with E-state index >= 15 is 0 Å². The minimum atomic E-state index is -0.391. The predicted molar refractivity (Wildman–Crippen MR) is 90.7 cm³/mol. The Kier molecular flexibility index (Phi) is 4.57. The first kappa shape index (κ1) is 15.5. The highest BCUT2D eigenvalue weighted by atomic mass is 32.1. The number of ether oxygens (including phenoxy) is 2. The van der Waals surface area contributed by atoms with Crippen LogP contribution in [0.25, 0.3) is 21.8 Å². The number of methoxy groups -OCH3 is 1. The summed E-state index contributed by atoms with van der Waals surface area (Å²) in [6.45, 7) is 2.57. The first-order chi connectivity index (χ1) is 11.2. The van der Waals surface area contributed by atoms with Crippen molar-refractivity contribution in [2.24, 2.45) is 0 Å². The molecule has 3 rings (SSSR count). The molecule has 0 aliphatic carbocycles. The smallest absolute Gasteiger partial charge is 0.165 e. The van der Waals surface area contributed by atoms with Gasteiger partial charge in [-0.1, -0.05) is 12.1 Å². The standard InChI is InChI=1S/C18H16FNO2S/c1-3-22-14-6-4-5-13(9-14)18-20-16(11-23-18)12-7-8-17(21-2)15(19)10-12/h4-11H,3H2,1-2H3. The lowest BCUT2D eigenvalue weighted by molar-refractivity contribution is 0.340. The van der Waals surface area contributed by atoms with Crippen molar-refractivity contribution in [1.29, 1.82) is 0 Å². The Labute approximate surface area is 138 Å². The monoisotopic (exact) mass is 329 g/mol. The first-order valence-electron chi connectivity index (χ1n) is 7.24. The van der Waals surface area contributed by atoms with Gasteiger partial charge in [0.25, 0.3) is 0 Å². The molecule has 0 spiro atoms. The van der Waals surface area contributed by atoms with Crippen molar-refractivity contribution in [1.82, 2.24) is 4.98 Å². The van der Waals surface area contributed by atoms with E-state index in [4.69, 9.17) is 9.47 Å². The average molecular weight is 329 g/mol. The number of aromatic nitrogens is 1. The van der Waals surface area contributed by atoms with Crippen molar-refractivity contribution in [2.45, 2.75) is 6.92 Å². The van der Waals surface area contributed by atoms with Crippen molar-refractivity contribution in [3.63, 3.8) is 0 Å². The molecular weight excluding hydrogens is 313 g/mol. The van der Waals surface area contributed by atoms with Gasteiger partial charge in [0, 0.05) is 16.5 Å². The number of hydrogen-bond donors (Lipinski definition) is 0. The first-order valence-corrected chi connectivity index (χ1v) is 8.12. The number of halogens is 1. The van der Waals surface area contributed by atoms with Crippen LogP contribution in [0.4, 0.5) is 4.39 Å². The second-order valence-corrected chi connectivity index (χ2v) is 5.71. The van der Waals surface area contributed by atoms with Crippen LogP contribution in [-0.2, 0) is 0 Å². The van der Waals surface area contributed by atoms with Gasteiger partial charge >= 0.3 is 0 Å². The van der Waals surface area contributed by atoms with E-state index in [1.54, 1.807) is 12.1 Å². The maximum Gasteiger partial charge on any atom is 0.165 e. The van der Waals surface area contributed by atoms with Crippen LogP contribution in [-0.4, -0.2) is 18.7 Å². The van der Waals surface area contributed by atoms with Crippen LogP contribution >= 0.6 is 11.3 Å². The van der Waals surface area contributed by atoms with Gasteiger partial charge in [-0.25, -0.2) is 9.37 Å². The summed E-state index contributed by atoms with van der Waals surface area (Å²) in [6.07, 6.45) is 0. The van der Waals surface area contributed by atoms with E-state index in [0.29, 0.717) is 6.61 Å². The summed E-state index contributed by atoms with van der Waals surface area (Å²) in [4.78, 5) is 4.60. The van der Waals surface area contributed by atoms with Gasteiger partial charge in [0.1, 0.15) is 10.8 Å². The Balaban J connectivity index is 1.91. The van der Waals surface area contributed by atoms with Crippen LogP contribution in [0.5, 0.6) is 11.5 Å². The van der Waals surface area contributed by atoms with E-state index in [0.717, 1.165) is 27.6 Å². The largest absolute Gasteiger partial charge is 0.494 e. The summed E-state index contributed by atoms with van der Waals surface area (Å²) < 4.78 is 24.3. The van der Waals surface area contributed by atoms with Gasteiger partial charge in [0.2, 0.25) is 0 Å². The molecule has 0 N–H and O–H groups in total. The zero-order chi connectivity index (χ0) is 16.2. The van der Waals surface area contributed by atoms with Gasteiger partial charge in [-0.05, 0) is 37.3 Å². The van der Waals surface area contributed by atoms with Crippen LogP contribution in [0.3, 0.4) is 0 Å². The zero-order valence-electron chi connectivity index (χ0n) is 12.9. The highest BCUT2D eigenvalue weighted by molar-refractivity contribution is 7.13. The Morgan fingerprint density at radius 2 is 2.00 bits per heavy atom. The van der Waals surface area contributed by atoms with Crippen molar-refractivity contribution in [3.8, 4) is 33.3 Å². The van der Waals surface area contributed by atoms with E-state index in [9.17, 15) is 4.39 Å². The topological polar surface area (TPSA) is 31.4 Å². The van der Waals surface area contributed by atoms with Gasteiger partial charge in [-0.2, -0.15) is 0 Å². The minimum Gasteiger partial charge on any atom is -0.494 e. The molecule has 0 saturated carbocycles. The summed E-state index contributed by atoms with van der Waals surface area (Å²) in [7, 11) is 1.45. The fourth-order valence-corrected chi connectivity index (χ4v) is 3.08. The van der Waals surface area contributed by atoms with Gasteiger partial charge in [0.05, 0.1) is 19.4 Å². The van der Waals surface area contributed by atoms with Crippen LogP contribution in [0, 0.1) is 5.82 Å². The molecule has 0 unspecified atom stereocenters. The van der Waals surface area contributed by atoms with Crippen molar-refractivity contribution in [3.05, 3.63) is 53.7 Å². The van der Waals surface area contributed by atoms with E-state index in [2.05, 4.69) is 4.98 Å². The number of hydrogen-bond acceptors (Lipinski definition) is 4. The summed E-state index contributed by atoms with van der Waals surface area (Å²) in [6, 6.07) is 12.7. The average Bonchev–Trinajstić information content (AvgIpc) is 3.05. The molecule has 0 saturated heterocycles. The molecule has 23 heavy (non-hydrogen) atoms. The van der Waals surface area contributed by atoms with Gasteiger partial charge in [-0.3, -0.25) is 0 Å². The maximum absolute atomic E-state index is 13.8. The molecule has 3 aromatic rings. The molecular formula is C18H16FNO2S. The predicted octanol–water partition coefficient (Wildman–Crippen LogP) is 5.02. The molecule has 1 aromatic heterocycles. The lowest BCUT2D eigenvalue weighted by Gasteiger charge is -2.04. The second kappa shape index (κ2) is 6.79. The molecule has 118 valence electrons. The molecule has 0 aliphatic rings. The van der Waals surface area contributed by atoms with Crippen LogP contribution in [0.15, 0.2) is 47.8 Å². The van der Waals surface area contributed by atoms with Crippen LogP contribution in [0.1, 0.15) is 6.92 Å². The fourth-order valence-electron chi connectivity index (χ4n) is 2.25. The maximum atomic E-state index is 13.8. The van der Waals surface area contributed by atoms with Gasteiger partial charge < -0.3 is 9.47 Å². The molecule has 0 radical (unpaired) electrons. The van der Waals surface area contributed by atoms with E-state index in [1.165, 1.54) is 24.5 Å². The quantitative estimate of drug-likeness (QED) is 0.658. The number of benzene rings is 2. The fraction of sp³-hybridized carbons (Fsp3) is 0.167. The Hall–Kier alpha value is -2.40. The molecule has 0 aliphatic heterocycles. The summed E-state index contributed by atoms with van der Waals surface area (Å²) in [5.74, 6) is 0.656. The lowest BCUT2D eigenvalue weighted by atomic mass is 10.1. The lowest BCUT2D eigenvalue weighted by Crippen LogP contribution is -1.91. The molecule has 5 heteroatoms. The summed E-state index contributed by atoms with van der Waals surface area (Å²) >= 11 is 1.52. The van der Waals surface area contributed by atoms with Crippen molar-refractivity contribution >= 4 is 11.3 Å². The molecule has 0 bridgehead atoms. The number of rotatable bonds is 5. The second-order valence-electron chi connectivity index (χ2n) is 4.85. The Bertz CT molecular complexity index is 816. The summed E-state index contributed by atoms with van der Waals surface area (Å²) in [5, 5.41) is 2.79. The molecule has 0 amide bonds. The van der Waals surface area contributed by atoms with Crippen LogP contribution in [0.2, 0.25) is 0 Å². The molecule has 3 nitrogen and oxygen atoms in total. The van der Waals surface area contributed by atoms with Gasteiger partial charge in [0.15, 0.2) is 11.6 Å². The van der Waals surface area contributed by atoms with E-state index < -0.39 is 5.82 Å². The third kappa shape index (κ3) is 3.35. The van der Waals surface area contributed by atoms with Gasteiger partial charge in [-0.15, -0.1) is 11.3 Å². The minimum absolute atomic E-state index is 0.230. The van der Waals surface area contributed by atoms with E-state index in [-0.39, 0.29) is 5.75 Å². The third-order valence-electron chi connectivity index (χ3n) is 3.34. The molecule has 0 atom stereocenters. The Morgan fingerprint density at radius 1 is 1.13 bits per heavy atom. The van der Waals surface area contributed by atoms with Crippen molar-refractivity contribution in [2.75, 3.05) is 13.7 Å².